The van der Waals surface area contributed by atoms with E-state index in [2.05, 4.69) is 0 Å². The van der Waals surface area contributed by atoms with Gasteiger partial charge in [-0.2, -0.15) is 0 Å². The number of carbonyl (C=O) groups is 1. The average molecular weight is 220 g/mol. The lowest BCUT2D eigenvalue weighted by atomic mass is 9.85. The molecule has 0 aromatic heterocycles. The third kappa shape index (κ3) is 3.17. The lowest BCUT2D eigenvalue weighted by Crippen LogP contribution is -2.28. The average Bonchev–Trinajstić information content (AvgIpc) is 2.25. The van der Waals surface area contributed by atoms with Gasteiger partial charge in [0.05, 0.1) is 0 Å². The van der Waals surface area contributed by atoms with Crippen LogP contribution >= 0.6 is 0 Å². The minimum absolute atomic E-state index is 0.126. The van der Waals surface area contributed by atoms with Crippen LogP contribution in [0.3, 0.4) is 0 Å². The summed E-state index contributed by atoms with van der Waals surface area (Å²) in [5, 5.41) is 0. The van der Waals surface area contributed by atoms with Crippen molar-refractivity contribution >= 4 is 5.78 Å². The Morgan fingerprint density at radius 3 is 2.25 bits per heavy atom. The first-order valence-corrected chi connectivity index (χ1v) is 5.67. The summed E-state index contributed by atoms with van der Waals surface area (Å²) in [5.41, 5.74) is 0.555. The molecule has 1 atom stereocenters. The highest BCUT2D eigenvalue weighted by atomic mass is 16.5. The maximum absolute atomic E-state index is 12.2. The van der Waals surface area contributed by atoms with Crippen molar-refractivity contribution in [3.05, 3.63) is 35.9 Å². The van der Waals surface area contributed by atoms with Gasteiger partial charge in [0, 0.05) is 12.0 Å². The van der Waals surface area contributed by atoms with Gasteiger partial charge in [-0.25, -0.2) is 0 Å². The molecule has 0 heterocycles. The van der Waals surface area contributed by atoms with Crippen LogP contribution in [0.5, 0.6) is 0 Å². The van der Waals surface area contributed by atoms with E-state index >= 15 is 0 Å². The summed E-state index contributed by atoms with van der Waals surface area (Å²) in [5.74, 6) is 0.126. The Balaban J connectivity index is 2.97. The minimum atomic E-state index is -0.439. The van der Waals surface area contributed by atoms with E-state index in [0.717, 1.165) is 5.56 Å². The normalized spacial score (nSPS) is 13.5. The maximum atomic E-state index is 12.2. The van der Waals surface area contributed by atoms with Crippen LogP contribution in [0.25, 0.3) is 0 Å². The zero-order chi connectivity index (χ0) is 12.2. The molecule has 0 bridgehead atoms. The lowest BCUT2D eigenvalue weighted by Gasteiger charge is -2.24. The predicted molar refractivity (Wildman–Crippen MR) is 65.3 cm³/mol. The molecule has 0 aliphatic carbocycles. The van der Waals surface area contributed by atoms with E-state index in [9.17, 15) is 4.79 Å². The Bertz CT molecular complexity index is 336. The first kappa shape index (κ1) is 12.9. The van der Waals surface area contributed by atoms with Gasteiger partial charge in [-0.3, -0.25) is 4.79 Å². The van der Waals surface area contributed by atoms with Gasteiger partial charge in [0.15, 0.2) is 5.78 Å². The molecule has 1 unspecified atom stereocenters. The summed E-state index contributed by atoms with van der Waals surface area (Å²) in [6, 6.07) is 9.66. The van der Waals surface area contributed by atoms with Gasteiger partial charge < -0.3 is 4.74 Å². The van der Waals surface area contributed by atoms with E-state index in [4.69, 9.17) is 4.74 Å². The second-order valence-corrected chi connectivity index (χ2v) is 4.86. The minimum Gasteiger partial charge on any atom is -0.366 e. The molecule has 16 heavy (non-hydrogen) atoms. The Hall–Kier alpha value is -1.15. The van der Waals surface area contributed by atoms with Crippen molar-refractivity contribution in [3.63, 3.8) is 0 Å². The van der Waals surface area contributed by atoms with E-state index in [1.54, 1.807) is 0 Å². The Labute approximate surface area is 97.6 Å². The Kier molecular flexibility index (Phi) is 4.25. The summed E-state index contributed by atoms with van der Waals surface area (Å²) in [6.45, 7) is 8.21. The summed E-state index contributed by atoms with van der Waals surface area (Å²) < 4.78 is 5.57. The summed E-state index contributed by atoms with van der Waals surface area (Å²) in [7, 11) is 0. The van der Waals surface area contributed by atoms with Gasteiger partial charge in [0.2, 0.25) is 0 Å². The SMILES string of the molecule is CCOC(C(=O)C(C)(C)C)c1ccccc1. The van der Waals surface area contributed by atoms with Crippen LogP contribution < -0.4 is 0 Å². The van der Waals surface area contributed by atoms with Gasteiger partial charge >= 0.3 is 0 Å². The van der Waals surface area contributed by atoms with Crippen LogP contribution in [0.1, 0.15) is 39.4 Å². The third-order valence-corrected chi connectivity index (χ3v) is 2.41. The molecular weight excluding hydrogens is 200 g/mol. The molecule has 0 saturated heterocycles. The molecule has 0 aliphatic heterocycles. The first-order chi connectivity index (χ1) is 7.46. The summed E-state index contributed by atoms with van der Waals surface area (Å²) in [6.07, 6.45) is -0.439. The van der Waals surface area contributed by atoms with Gasteiger partial charge in [-0.1, -0.05) is 51.1 Å². The Morgan fingerprint density at radius 1 is 1.25 bits per heavy atom. The molecule has 1 aromatic carbocycles. The van der Waals surface area contributed by atoms with E-state index in [0.29, 0.717) is 6.61 Å². The van der Waals surface area contributed by atoms with Crippen LogP contribution in [-0.2, 0) is 9.53 Å². The molecule has 1 rings (SSSR count). The van der Waals surface area contributed by atoms with Crippen molar-refractivity contribution < 1.29 is 9.53 Å². The molecule has 0 saturated carbocycles. The largest absolute Gasteiger partial charge is 0.366 e. The van der Waals surface area contributed by atoms with Crippen LogP contribution in [0, 0.1) is 5.41 Å². The molecule has 0 radical (unpaired) electrons. The number of ether oxygens (including phenoxy) is 1. The van der Waals surface area contributed by atoms with Crippen molar-refractivity contribution in [2.75, 3.05) is 6.61 Å². The zero-order valence-electron chi connectivity index (χ0n) is 10.5. The molecular formula is C14H20O2. The molecule has 2 heteroatoms. The topological polar surface area (TPSA) is 26.3 Å². The van der Waals surface area contributed by atoms with Gasteiger partial charge in [0.25, 0.3) is 0 Å². The fraction of sp³-hybridized carbons (Fsp3) is 0.500. The van der Waals surface area contributed by atoms with Gasteiger partial charge in [-0.15, -0.1) is 0 Å². The zero-order valence-corrected chi connectivity index (χ0v) is 10.5. The third-order valence-electron chi connectivity index (χ3n) is 2.41. The number of hydrogen-bond acceptors (Lipinski definition) is 2. The predicted octanol–water partition coefficient (Wildman–Crippen LogP) is 3.38. The summed E-state index contributed by atoms with van der Waals surface area (Å²) in [4.78, 5) is 12.2. The van der Waals surface area contributed by atoms with Crippen LogP contribution in [-0.4, -0.2) is 12.4 Å². The molecule has 0 N–H and O–H groups in total. The highest BCUT2D eigenvalue weighted by molar-refractivity contribution is 5.88. The van der Waals surface area contributed by atoms with Crippen LogP contribution in [0.2, 0.25) is 0 Å². The molecule has 2 nitrogen and oxygen atoms in total. The smallest absolute Gasteiger partial charge is 0.171 e. The Morgan fingerprint density at radius 2 is 1.81 bits per heavy atom. The number of benzene rings is 1. The van der Waals surface area contributed by atoms with Crippen molar-refractivity contribution in [3.8, 4) is 0 Å². The fourth-order valence-electron chi connectivity index (χ4n) is 1.51. The lowest BCUT2D eigenvalue weighted by molar-refractivity contribution is -0.138. The molecule has 0 fully saturated rings. The molecule has 0 amide bonds. The van der Waals surface area contributed by atoms with Crippen molar-refractivity contribution in [1.82, 2.24) is 0 Å². The monoisotopic (exact) mass is 220 g/mol. The second kappa shape index (κ2) is 5.26. The van der Waals surface area contributed by atoms with Crippen molar-refractivity contribution in [2.45, 2.75) is 33.8 Å². The second-order valence-electron chi connectivity index (χ2n) is 4.86. The van der Waals surface area contributed by atoms with E-state index in [1.807, 2.05) is 58.0 Å². The van der Waals surface area contributed by atoms with Crippen molar-refractivity contribution in [2.24, 2.45) is 5.41 Å². The quantitative estimate of drug-likeness (QED) is 0.777. The first-order valence-electron chi connectivity index (χ1n) is 5.67. The molecule has 0 aliphatic rings. The van der Waals surface area contributed by atoms with Crippen LogP contribution in [0.15, 0.2) is 30.3 Å². The highest BCUT2D eigenvalue weighted by Crippen LogP contribution is 2.28. The van der Waals surface area contributed by atoms with E-state index in [-0.39, 0.29) is 11.2 Å². The standard InChI is InChI=1S/C14H20O2/c1-5-16-12(13(15)14(2,3)4)11-9-7-6-8-10-11/h6-10,12H,5H2,1-4H3. The number of carbonyl (C=O) groups excluding carboxylic acids is 1. The number of hydrogen-bond donors (Lipinski definition) is 0. The summed E-state index contributed by atoms with van der Waals surface area (Å²) >= 11 is 0. The van der Waals surface area contributed by atoms with E-state index < -0.39 is 6.10 Å². The number of rotatable bonds is 4. The molecule has 88 valence electrons. The van der Waals surface area contributed by atoms with E-state index in [1.165, 1.54) is 0 Å². The fourth-order valence-corrected chi connectivity index (χ4v) is 1.51. The number of ketones is 1. The molecule has 0 spiro atoms. The van der Waals surface area contributed by atoms with Gasteiger partial charge in [-0.05, 0) is 12.5 Å². The number of Topliss-reactive ketones (excluding diaryl/α,β-unsaturated/α-hetero) is 1. The van der Waals surface area contributed by atoms with Crippen molar-refractivity contribution in [1.29, 1.82) is 0 Å². The molecule has 1 aromatic rings. The van der Waals surface area contributed by atoms with Crippen LogP contribution in [0.4, 0.5) is 0 Å². The maximum Gasteiger partial charge on any atom is 0.171 e. The highest BCUT2D eigenvalue weighted by Gasteiger charge is 2.30. The van der Waals surface area contributed by atoms with Gasteiger partial charge in [0.1, 0.15) is 6.10 Å².